The van der Waals surface area contributed by atoms with Crippen molar-refractivity contribution in [3.63, 3.8) is 0 Å². The fourth-order valence-corrected chi connectivity index (χ4v) is 13.8. The summed E-state index contributed by atoms with van der Waals surface area (Å²) >= 11 is 0. The highest BCUT2D eigenvalue weighted by molar-refractivity contribution is 7.00. The van der Waals surface area contributed by atoms with Crippen LogP contribution in [0, 0.1) is 0 Å². The molecular weight excluding hydrogens is 829 g/mol. The highest BCUT2D eigenvalue weighted by Gasteiger charge is 2.28. The number of benzene rings is 10. The Bertz CT molecular complexity index is 3940. The van der Waals surface area contributed by atoms with Gasteiger partial charge in [0.2, 0.25) is 0 Å². The minimum absolute atomic E-state index is 1.17. The maximum absolute atomic E-state index is 2.50. The molecule has 4 nitrogen and oxygen atoms in total. The van der Waals surface area contributed by atoms with E-state index in [4.69, 9.17) is 0 Å². The second-order valence-corrected chi connectivity index (χ2v) is 23.0. The fourth-order valence-electron chi connectivity index (χ4n) is 11.4. The second kappa shape index (κ2) is 14.3. The smallest absolute Gasteiger partial charge is 0.112 e. The highest BCUT2D eigenvalue weighted by atomic mass is 28.3. The van der Waals surface area contributed by atoms with E-state index in [9.17, 15) is 0 Å². The molecule has 316 valence electrons. The van der Waals surface area contributed by atoms with Gasteiger partial charge >= 0.3 is 0 Å². The molecule has 0 saturated carbocycles. The molecule has 67 heavy (non-hydrogen) atoms. The molecular formula is C62H44N4Si. The SMILES string of the molecule is C[Si](C)(c1cccc(-n2c3ccccc3c3cc(-n4c5ccccc5c5ccccc54)ccc32)c1)c1cccc(-n2c3ccccc3c3cc(-n4c5ccccc5c5ccccc54)ccc32)c1. The van der Waals surface area contributed by atoms with E-state index in [0.29, 0.717) is 0 Å². The van der Waals surface area contributed by atoms with Crippen molar-refractivity contribution in [3.8, 4) is 22.7 Å². The van der Waals surface area contributed by atoms with Crippen LogP contribution in [0.15, 0.2) is 231 Å². The lowest BCUT2D eigenvalue weighted by Crippen LogP contribution is -2.53. The van der Waals surface area contributed by atoms with Gasteiger partial charge in [0.1, 0.15) is 8.07 Å². The zero-order valence-corrected chi connectivity index (χ0v) is 38.2. The van der Waals surface area contributed by atoms with Crippen molar-refractivity contribution in [2.24, 2.45) is 0 Å². The first-order valence-electron chi connectivity index (χ1n) is 23.3. The summed E-state index contributed by atoms with van der Waals surface area (Å²) in [4.78, 5) is 0. The first kappa shape index (κ1) is 37.9. The third-order valence-corrected chi connectivity index (χ3v) is 18.1. The molecule has 4 aromatic heterocycles. The monoisotopic (exact) mass is 872 g/mol. The molecule has 0 bridgehead atoms. The molecule has 5 heteroatoms. The van der Waals surface area contributed by atoms with E-state index in [-0.39, 0.29) is 0 Å². The average molecular weight is 873 g/mol. The maximum atomic E-state index is 2.50. The van der Waals surface area contributed by atoms with Crippen LogP contribution in [0.3, 0.4) is 0 Å². The van der Waals surface area contributed by atoms with E-state index >= 15 is 0 Å². The fraction of sp³-hybridized carbons (Fsp3) is 0.0323. The van der Waals surface area contributed by atoms with Crippen molar-refractivity contribution in [2.45, 2.75) is 13.1 Å². The van der Waals surface area contributed by atoms with Gasteiger partial charge in [-0.1, -0.05) is 157 Å². The lowest BCUT2D eigenvalue weighted by Gasteiger charge is -2.25. The molecule has 0 atom stereocenters. The van der Waals surface area contributed by atoms with E-state index in [1.807, 2.05) is 0 Å². The number of para-hydroxylation sites is 6. The van der Waals surface area contributed by atoms with Gasteiger partial charge in [0.15, 0.2) is 0 Å². The second-order valence-electron chi connectivity index (χ2n) is 18.6. The number of nitrogens with zero attached hydrogens (tertiary/aromatic N) is 4. The number of fused-ring (bicyclic) bond motifs is 12. The lowest BCUT2D eigenvalue weighted by molar-refractivity contribution is 1.17. The molecule has 0 radical (unpaired) electrons. The minimum atomic E-state index is -2.24. The van der Waals surface area contributed by atoms with Crippen LogP contribution in [-0.4, -0.2) is 26.3 Å². The molecule has 0 N–H and O–H groups in total. The molecule has 0 saturated heterocycles. The Morgan fingerprint density at radius 3 is 0.791 bits per heavy atom. The number of aromatic nitrogens is 4. The zero-order valence-electron chi connectivity index (χ0n) is 37.2. The zero-order chi connectivity index (χ0) is 44.4. The minimum Gasteiger partial charge on any atom is -0.309 e. The van der Waals surface area contributed by atoms with Gasteiger partial charge in [0.05, 0.1) is 44.1 Å². The third-order valence-electron chi connectivity index (χ3n) is 14.6. The van der Waals surface area contributed by atoms with Crippen molar-refractivity contribution in [2.75, 3.05) is 0 Å². The van der Waals surface area contributed by atoms with E-state index in [1.54, 1.807) is 0 Å². The standard InChI is InChI=1S/C62H44N4Si/c1-67(2,45-19-15-17-41(37-45)63-59-31-13-7-25-51(59)53-39-43(33-35-61(53)63)65-55-27-9-3-21-47(55)48-22-4-10-28-56(48)65)46-20-16-18-42(38-46)64-60-32-14-8-26-52(60)54-40-44(34-36-62(54)64)66-57-29-11-5-23-49(57)50-24-6-12-30-58(50)66/h3-40H,1-2H3. The van der Waals surface area contributed by atoms with Gasteiger partial charge in [0, 0.05) is 65.8 Å². The van der Waals surface area contributed by atoms with Crippen LogP contribution < -0.4 is 10.4 Å². The van der Waals surface area contributed by atoms with Crippen LogP contribution in [-0.2, 0) is 0 Å². The van der Waals surface area contributed by atoms with Crippen LogP contribution >= 0.6 is 0 Å². The molecule has 14 rings (SSSR count). The predicted molar refractivity (Wildman–Crippen MR) is 287 cm³/mol. The molecule has 0 aliphatic rings. The Balaban J connectivity index is 0.876. The summed E-state index contributed by atoms with van der Waals surface area (Å²) < 4.78 is 9.78. The van der Waals surface area contributed by atoms with Crippen molar-refractivity contribution in [1.82, 2.24) is 18.3 Å². The van der Waals surface area contributed by atoms with Gasteiger partial charge in [-0.05, 0) is 97.1 Å². The van der Waals surface area contributed by atoms with Gasteiger partial charge in [-0.25, -0.2) is 0 Å². The van der Waals surface area contributed by atoms with Crippen molar-refractivity contribution in [1.29, 1.82) is 0 Å². The number of hydrogen-bond donors (Lipinski definition) is 0. The molecule has 0 aliphatic carbocycles. The van der Waals surface area contributed by atoms with Gasteiger partial charge in [-0.2, -0.15) is 0 Å². The topological polar surface area (TPSA) is 19.7 Å². The molecule has 14 aromatic rings. The summed E-state index contributed by atoms with van der Waals surface area (Å²) in [7, 11) is -2.24. The molecule has 0 fully saturated rings. The summed E-state index contributed by atoms with van der Waals surface area (Å²) in [5, 5.41) is 12.9. The van der Waals surface area contributed by atoms with E-state index in [0.717, 1.165) is 0 Å². The van der Waals surface area contributed by atoms with Gasteiger partial charge in [-0.3, -0.25) is 0 Å². The molecule has 0 amide bonds. The molecule has 4 heterocycles. The van der Waals surface area contributed by atoms with E-state index in [1.165, 1.54) is 120 Å². The van der Waals surface area contributed by atoms with Crippen LogP contribution in [0.4, 0.5) is 0 Å². The summed E-state index contributed by atoms with van der Waals surface area (Å²) in [6, 6.07) is 85.5. The maximum Gasteiger partial charge on any atom is 0.112 e. The van der Waals surface area contributed by atoms with Gasteiger partial charge in [0.25, 0.3) is 0 Å². The van der Waals surface area contributed by atoms with Gasteiger partial charge < -0.3 is 18.3 Å². The summed E-state index contributed by atoms with van der Waals surface area (Å²) in [6.45, 7) is 5.00. The van der Waals surface area contributed by atoms with Crippen molar-refractivity contribution >= 4 is 106 Å². The van der Waals surface area contributed by atoms with E-state index in [2.05, 4.69) is 262 Å². The molecule has 0 unspecified atom stereocenters. The highest BCUT2D eigenvalue weighted by Crippen LogP contribution is 2.39. The molecule has 10 aromatic carbocycles. The molecule has 0 spiro atoms. The Hall–Kier alpha value is -8.38. The first-order chi connectivity index (χ1) is 33.0. The third kappa shape index (κ3) is 5.52. The summed E-state index contributed by atoms with van der Waals surface area (Å²) in [6.07, 6.45) is 0. The van der Waals surface area contributed by atoms with Crippen molar-refractivity contribution < 1.29 is 0 Å². The van der Waals surface area contributed by atoms with Gasteiger partial charge in [-0.15, -0.1) is 0 Å². The van der Waals surface area contributed by atoms with Crippen LogP contribution in [0.25, 0.3) is 110 Å². The summed E-state index contributed by atoms with van der Waals surface area (Å²) in [5.74, 6) is 0. The Morgan fingerprint density at radius 1 is 0.224 bits per heavy atom. The first-order valence-corrected chi connectivity index (χ1v) is 26.3. The quantitative estimate of drug-likeness (QED) is 0.148. The Labute approximate surface area is 388 Å². The number of hydrogen-bond acceptors (Lipinski definition) is 0. The largest absolute Gasteiger partial charge is 0.309 e. The Morgan fingerprint density at radius 2 is 0.478 bits per heavy atom. The molecule has 0 aliphatic heterocycles. The normalized spacial score (nSPS) is 12.3. The van der Waals surface area contributed by atoms with Crippen LogP contribution in [0.1, 0.15) is 0 Å². The lowest BCUT2D eigenvalue weighted by atomic mass is 10.1. The number of rotatable bonds is 6. The van der Waals surface area contributed by atoms with Crippen LogP contribution in [0.5, 0.6) is 0 Å². The van der Waals surface area contributed by atoms with Crippen LogP contribution in [0.2, 0.25) is 13.1 Å². The Kier molecular flexibility index (Phi) is 8.10. The predicted octanol–water partition coefficient (Wildman–Crippen LogP) is 14.9. The van der Waals surface area contributed by atoms with E-state index < -0.39 is 8.07 Å². The summed E-state index contributed by atoms with van der Waals surface area (Å²) in [5.41, 5.74) is 14.4. The average Bonchev–Trinajstić information content (AvgIpc) is 4.11. The van der Waals surface area contributed by atoms with Crippen molar-refractivity contribution in [3.05, 3.63) is 231 Å².